The Bertz CT molecular complexity index is 722. The summed E-state index contributed by atoms with van der Waals surface area (Å²) < 4.78 is 3.63. The standard InChI is InChI=1S/C17H26N6O2/c1-12(2)23-11-14(9-19-23)20-17(25)22-7-4-5-13(10-22)15(24)16-18-6-8-21(16)3/h6,8-9,11-13,15,24H,4-5,7,10H2,1-3H3,(H,20,25)/t13-,15+/m1/s1. The summed E-state index contributed by atoms with van der Waals surface area (Å²) >= 11 is 0. The first-order chi connectivity index (χ1) is 12.0. The van der Waals surface area contributed by atoms with Crippen LogP contribution in [0.1, 0.15) is 44.7 Å². The molecule has 2 atom stereocenters. The highest BCUT2D eigenvalue weighted by atomic mass is 16.3. The number of aliphatic hydroxyl groups excluding tert-OH is 1. The van der Waals surface area contributed by atoms with Crippen LogP contribution in [-0.2, 0) is 7.05 Å². The van der Waals surface area contributed by atoms with E-state index in [1.807, 2.05) is 37.9 Å². The highest BCUT2D eigenvalue weighted by molar-refractivity contribution is 5.89. The Kier molecular flexibility index (Phi) is 5.08. The number of piperidine rings is 1. The van der Waals surface area contributed by atoms with Crippen molar-refractivity contribution in [1.29, 1.82) is 0 Å². The van der Waals surface area contributed by atoms with Gasteiger partial charge in [0.05, 0.1) is 11.9 Å². The smallest absolute Gasteiger partial charge is 0.321 e. The van der Waals surface area contributed by atoms with E-state index in [0.717, 1.165) is 12.8 Å². The molecule has 0 aliphatic carbocycles. The minimum atomic E-state index is -0.667. The van der Waals surface area contributed by atoms with Gasteiger partial charge in [-0.25, -0.2) is 9.78 Å². The number of nitrogens with one attached hydrogen (secondary N) is 1. The number of aryl methyl sites for hydroxylation is 1. The molecular weight excluding hydrogens is 320 g/mol. The van der Waals surface area contributed by atoms with E-state index in [0.29, 0.717) is 24.6 Å². The number of anilines is 1. The van der Waals surface area contributed by atoms with Crippen molar-refractivity contribution in [2.75, 3.05) is 18.4 Å². The van der Waals surface area contributed by atoms with E-state index in [4.69, 9.17) is 0 Å². The molecule has 3 rings (SSSR count). The van der Waals surface area contributed by atoms with E-state index in [9.17, 15) is 9.90 Å². The third kappa shape index (κ3) is 3.84. The number of likely N-dealkylation sites (tertiary alicyclic amines) is 1. The lowest BCUT2D eigenvalue weighted by Gasteiger charge is -2.34. The maximum Gasteiger partial charge on any atom is 0.321 e. The van der Waals surface area contributed by atoms with Gasteiger partial charge in [-0.1, -0.05) is 0 Å². The molecule has 0 aromatic carbocycles. The van der Waals surface area contributed by atoms with Crippen LogP contribution in [0.25, 0.3) is 0 Å². The summed E-state index contributed by atoms with van der Waals surface area (Å²) in [6, 6.07) is 0.0954. The average molecular weight is 346 g/mol. The second-order valence-corrected chi connectivity index (χ2v) is 6.92. The van der Waals surface area contributed by atoms with Gasteiger partial charge in [0.25, 0.3) is 0 Å². The molecule has 0 saturated carbocycles. The molecular formula is C17H26N6O2. The lowest BCUT2D eigenvalue weighted by atomic mass is 9.92. The zero-order chi connectivity index (χ0) is 18.0. The first-order valence-corrected chi connectivity index (χ1v) is 8.71. The van der Waals surface area contributed by atoms with Crippen LogP contribution in [0.4, 0.5) is 10.5 Å². The summed E-state index contributed by atoms with van der Waals surface area (Å²) in [7, 11) is 1.87. The van der Waals surface area contributed by atoms with Gasteiger partial charge in [0.2, 0.25) is 0 Å². The Morgan fingerprint density at radius 2 is 2.24 bits per heavy atom. The molecule has 8 nitrogen and oxygen atoms in total. The topological polar surface area (TPSA) is 88.2 Å². The Hall–Kier alpha value is -2.35. The van der Waals surface area contributed by atoms with Crippen molar-refractivity contribution in [2.24, 2.45) is 13.0 Å². The molecule has 2 aromatic rings. The fraction of sp³-hybridized carbons (Fsp3) is 0.588. The second-order valence-electron chi connectivity index (χ2n) is 6.92. The predicted molar refractivity (Wildman–Crippen MR) is 94.1 cm³/mol. The maximum absolute atomic E-state index is 12.5. The number of rotatable bonds is 4. The van der Waals surface area contributed by atoms with Crippen molar-refractivity contribution in [2.45, 2.75) is 38.8 Å². The molecule has 2 N–H and O–H groups in total. The van der Waals surface area contributed by atoms with E-state index in [1.54, 1.807) is 22.0 Å². The molecule has 2 amide bonds. The predicted octanol–water partition coefficient (Wildman–Crippen LogP) is 2.17. The van der Waals surface area contributed by atoms with Gasteiger partial charge in [0.1, 0.15) is 11.9 Å². The lowest BCUT2D eigenvalue weighted by molar-refractivity contribution is 0.0552. The van der Waals surface area contributed by atoms with Crippen LogP contribution in [0, 0.1) is 5.92 Å². The quantitative estimate of drug-likeness (QED) is 0.888. The summed E-state index contributed by atoms with van der Waals surface area (Å²) in [5.41, 5.74) is 0.686. The van der Waals surface area contributed by atoms with Crippen molar-refractivity contribution in [1.82, 2.24) is 24.2 Å². The minimum absolute atomic E-state index is 0.0148. The SMILES string of the molecule is CC(C)n1cc(NC(=O)N2CCC[C@@H]([C@H](O)c3nccn3C)C2)cn1. The normalized spacial score (nSPS) is 19.2. The number of amides is 2. The van der Waals surface area contributed by atoms with E-state index < -0.39 is 6.10 Å². The van der Waals surface area contributed by atoms with Gasteiger partial charge in [-0.15, -0.1) is 0 Å². The van der Waals surface area contributed by atoms with Crippen molar-refractivity contribution < 1.29 is 9.90 Å². The number of urea groups is 1. The molecule has 1 aliphatic rings. The maximum atomic E-state index is 12.5. The van der Waals surface area contributed by atoms with Crippen LogP contribution in [-0.4, -0.2) is 48.5 Å². The van der Waals surface area contributed by atoms with Gasteiger partial charge in [-0.3, -0.25) is 4.68 Å². The Morgan fingerprint density at radius 1 is 1.44 bits per heavy atom. The van der Waals surface area contributed by atoms with Crippen LogP contribution in [0.2, 0.25) is 0 Å². The fourth-order valence-corrected chi connectivity index (χ4v) is 3.21. The largest absolute Gasteiger partial charge is 0.385 e. The first kappa shape index (κ1) is 17.5. The summed E-state index contributed by atoms with van der Waals surface area (Å²) in [5.74, 6) is 0.629. The van der Waals surface area contributed by atoms with Gasteiger partial charge in [0, 0.05) is 50.7 Å². The lowest BCUT2D eigenvalue weighted by Crippen LogP contribution is -2.44. The van der Waals surface area contributed by atoms with Gasteiger partial charge in [0.15, 0.2) is 0 Å². The number of aliphatic hydroxyl groups is 1. The van der Waals surface area contributed by atoms with Gasteiger partial charge in [-0.2, -0.15) is 5.10 Å². The number of hydrogen-bond acceptors (Lipinski definition) is 4. The summed E-state index contributed by atoms with van der Waals surface area (Å²) in [5, 5.41) is 17.7. The van der Waals surface area contributed by atoms with E-state index in [-0.39, 0.29) is 18.0 Å². The third-order valence-electron chi connectivity index (χ3n) is 4.70. The van der Waals surface area contributed by atoms with E-state index in [1.165, 1.54) is 0 Å². The molecule has 0 unspecified atom stereocenters. The Morgan fingerprint density at radius 3 is 2.88 bits per heavy atom. The number of carbonyl (C=O) groups excluding carboxylic acids is 1. The van der Waals surface area contributed by atoms with Crippen LogP contribution in [0.3, 0.4) is 0 Å². The van der Waals surface area contributed by atoms with Crippen LogP contribution < -0.4 is 5.32 Å². The molecule has 1 saturated heterocycles. The first-order valence-electron chi connectivity index (χ1n) is 8.71. The van der Waals surface area contributed by atoms with Crippen LogP contribution in [0.15, 0.2) is 24.8 Å². The molecule has 8 heteroatoms. The number of hydrogen-bond donors (Lipinski definition) is 2. The number of nitrogens with zero attached hydrogens (tertiary/aromatic N) is 5. The van der Waals surface area contributed by atoms with Gasteiger partial charge >= 0.3 is 6.03 Å². The molecule has 1 fully saturated rings. The zero-order valence-corrected chi connectivity index (χ0v) is 15.0. The Balaban J connectivity index is 1.62. The third-order valence-corrected chi connectivity index (χ3v) is 4.70. The van der Waals surface area contributed by atoms with Gasteiger partial charge in [-0.05, 0) is 26.7 Å². The highest BCUT2D eigenvalue weighted by Crippen LogP contribution is 2.29. The van der Waals surface area contributed by atoms with Crippen molar-refractivity contribution in [3.63, 3.8) is 0 Å². The zero-order valence-electron chi connectivity index (χ0n) is 15.0. The van der Waals surface area contributed by atoms with Crippen LogP contribution in [0.5, 0.6) is 0 Å². The van der Waals surface area contributed by atoms with Crippen molar-refractivity contribution >= 4 is 11.7 Å². The Labute approximate surface area is 147 Å². The van der Waals surface area contributed by atoms with Crippen LogP contribution >= 0.6 is 0 Å². The monoisotopic (exact) mass is 346 g/mol. The van der Waals surface area contributed by atoms with Crippen molar-refractivity contribution in [3.05, 3.63) is 30.6 Å². The van der Waals surface area contributed by atoms with Gasteiger partial charge < -0.3 is 19.9 Å². The van der Waals surface area contributed by atoms with E-state index in [2.05, 4.69) is 15.4 Å². The molecule has 1 aliphatic heterocycles. The molecule has 0 bridgehead atoms. The minimum Gasteiger partial charge on any atom is -0.385 e. The highest BCUT2D eigenvalue weighted by Gasteiger charge is 2.31. The van der Waals surface area contributed by atoms with Crippen molar-refractivity contribution in [3.8, 4) is 0 Å². The van der Waals surface area contributed by atoms with E-state index >= 15 is 0 Å². The molecule has 25 heavy (non-hydrogen) atoms. The fourth-order valence-electron chi connectivity index (χ4n) is 3.21. The summed E-state index contributed by atoms with van der Waals surface area (Å²) in [6.45, 7) is 5.27. The molecule has 0 spiro atoms. The summed E-state index contributed by atoms with van der Waals surface area (Å²) in [4.78, 5) is 18.5. The second kappa shape index (κ2) is 7.26. The summed E-state index contributed by atoms with van der Waals surface area (Å²) in [6.07, 6.45) is 8.05. The molecule has 0 radical (unpaired) electrons. The molecule has 3 heterocycles. The molecule has 2 aromatic heterocycles. The number of aromatic nitrogens is 4. The average Bonchev–Trinajstić information content (AvgIpc) is 3.23. The number of carbonyl (C=O) groups is 1. The molecule has 136 valence electrons. The number of imidazole rings is 1.